The summed E-state index contributed by atoms with van der Waals surface area (Å²) < 4.78 is 47.8. The van der Waals surface area contributed by atoms with Crippen molar-refractivity contribution in [1.29, 1.82) is 0 Å². The molecule has 1 N–H and O–H groups in total. The van der Waals surface area contributed by atoms with E-state index in [9.17, 15) is 16.8 Å². The van der Waals surface area contributed by atoms with Gasteiger partial charge in [-0.15, -0.1) is 11.3 Å². The van der Waals surface area contributed by atoms with Gasteiger partial charge < -0.3 is 5.32 Å². The number of rotatable bonds is 7. The van der Waals surface area contributed by atoms with E-state index in [1.807, 2.05) is 0 Å². The Morgan fingerprint density at radius 2 is 1.89 bits per heavy atom. The summed E-state index contributed by atoms with van der Waals surface area (Å²) in [5, 5.41) is 2.95. The third-order valence-electron chi connectivity index (χ3n) is 2.43. The molecule has 0 amide bonds. The lowest BCUT2D eigenvalue weighted by Crippen LogP contribution is -2.31. The van der Waals surface area contributed by atoms with Gasteiger partial charge in [0.15, 0.2) is 0 Å². The minimum absolute atomic E-state index is 0.0412. The largest absolute Gasteiger partial charge is 0.315 e. The molecule has 0 atom stereocenters. The number of hydrogen-bond donors (Lipinski definition) is 1. The van der Waals surface area contributed by atoms with Gasteiger partial charge in [0.25, 0.3) is 10.0 Å². The van der Waals surface area contributed by atoms with Gasteiger partial charge in [-0.3, -0.25) is 0 Å². The predicted octanol–water partition coefficient (Wildman–Crippen LogP) is 0.133. The summed E-state index contributed by atoms with van der Waals surface area (Å²) in [5.41, 5.74) is 0. The van der Waals surface area contributed by atoms with Gasteiger partial charge in [0, 0.05) is 31.3 Å². The first-order valence-corrected chi connectivity index (χ1v) is 9.86. The Balaban J connectivity index is 2.84. The number of nitrogens with one attached hydrogen (secondary N) is 1. The minimum atomic E-state index is -3.60. The van der Waals surface area contributed by atoms with Crippen LogP contribution in [0, 0.1) is 0 Å². The highest BCUT2D eigenvalue weighted by atomic mass is 32.2. The molecule has 0 aliphatic rings. The molecule has 0 unspecified atom stereocenters. The molecule has 0 aromatic carbocycles. The van der Waals surface area contributed by atoms with E-state index in [1.54, 1.807) is 19.2 Å². The van der Waals surface area contributed by atoms with Crippen LogP contribution >= 0.6 is 11.3 Å². The third kappa shape index (κ3) is 4.84. The monoisotopic (exact) mass is 326 g/mol. The average molecular weight is 326 g/mol. The Labute approximate surface area is 118 Å². The van der Waals surface area contributed by atoms with Gasteiger partial charge in [-0.1, -0.05) is 0 Å². The van der Waals surface area contributed by atoms with Gasteiger partial charge in [0.05, 0.1) is 5.75 Å². The first kappa shape index (κ1) is 16.6. The van der Waals surface area contributed by atoms with Gasteiger partial charge in [-0.25, -0.2) is 16.8 Å². The first-order chi connectivity index (χ1) is 8.66. The SMILES string of the molecule is CNCc1ccc(S(=O)(=O)N(C)CCS(C)(=O)=O)s1. The van der Waals surface area contributed by atoms with Crippen LogP contribution in [0.1, 0.15) is 4.88 Å². The maximum absolute atomic E-state index is 12.2. The lowest BCUT2D eigenvalue weighted by atomic mass is 10.5. The molecule has 1 aromatic rings. The van der Waals surface area contributed by atoms with Crippen LogP contribution in [0.25, 0.3) is 0 Å². The number of nitrogens with zero attached hydrogens (tertiary/aromatic N) is 1. The van der Waals surface area contributed by atoms with Crippen LogP contribution in [-0.4, -0.2) is 53.8 Å². The zero-order valence-electron chi connectivity index (χ0n) is 11.1. The van der Waals surface area contributed by atoms with Crippen LogP contribution in [0.4, 0.5) is 0 Å². The second-order valence-electron chi connectivity index (χ2n) is 4.21. The van der Waals surface area contributed by atoms with Crippen molar-refractivity contribution in [1.82, 2.24) is 9.62 Å². The van der Waals surface area contributed by atoms with Gasteiger partial charge in [-0.2, -0.15) is 4.31 Å². The molecule has 0 radical (unpaired) electrons. The number of sulfonamides is 1. The van der Waals surface area contributed by atoms with Gasteiger partial charge in [0.2, 0.25) is 0 Å². The summed E-state index contributed by atoms with van der Waals surface area (Å²) in [4.78, 5) is 0.914. The summed E-state index contributed by atoms with van der Waals surface area (Å²) in [6.07, 6.45) is 1.09. The van der Waals surface area contributed by atoms with Gasteiger partial charge in [-0.05, 0) is 19.2 Å². The summed E-state index contributed by atoms with van der Waals surface area (Å²) >= 11 is 1.18. The van der Waals surface area contributed by atoms with Crippen molar-refractivity contribution >= 4 is 31.2 Å². The maximum Gasteiger partial charge on any atom is 0.252 e. The molecule has 6 nitrogen and oxygen atoms in total. The van der Waals surface area contributed by atoms with Crippen molar-refractivity contribution in [2.75, 3.05) is 32.6 Å². The molecule has 1 aromatic heterocycles. The van der Waals surface area contributed by atoms with Crippen LogP contribution in [0.15, 0.2) is 16.3 Å². The summed E-state index contributed by atoms with van der Waals surface area (Å²) in [6.45, 7) is 0.563. The van der Waals surface area contributed by atoms with E-state index in [0.29, 0.717) is 6.54 Å². The topological polar surface area (TPSA) is 83.6 Å². The van der Waals surface area contributed by atoms with Gasteiger partial charge in [0.1, 0.15) is 14.0 Å². The van der Waals surface area contributed by atoms with Crippen molar-refractivity contribution in [3.63, 3.8) is 0 Å². The summed E-state index contributed by atoms with van der Waals surface area (Å²) in [7, 11) is -3.61. The van der Waals surface area contributed by atoms with Crippen molar-refractivity contribution in [3.8, 4) is 0 Å². The van der Waals surface area contributed by atoms with Crippen LogP contribution < -0.4 is 5.32 Å². The second kappa shape index (κ2) is 6.31. The lowest BCUT2D eigenvalue weighted by Gasteiger charge is -2.15. The van der Waals surface area contributed by atoms with Crippen LogP contribution in [0.3, 0.4) is 0 Å². The molecule has 1 heterocycles. The Bertz CT molecular complexity index is 619. The Morgan fingerprint density at radius 1 is 1.26 bits per heavy atom. The van der Waals surface area contributed by atoms with Crippen molar-refractivity contribution in [2.45, 2.75) is 10.8 Å². The van der Waals surface area contributed by atoms with E-state index in [4.69, 9.17) is 0 Å². The van der Waals surface area contributed by atoms with Crippen molar-refractivity contribution in [3.05, 3.63) is 17.0 Å². The fraction of sp³-hybridized carbons (Fsp3) is 0.600. The van der Waals surface area contributed by atoms with Crippen LogP contribution in [0.5, 0.6) is 0 Å². The Morgan fingerprint density at radius 3 is 2.42 bits per heavy atom. The Hall–Kier alpha value is -0.480. The number of thiophene rings is 1. The van der Waals surface area contributed by atoms with Crippen molar-refractivity contribution < 1.29 is 16.8 Å². The molecule has 1 rings (SSSR count). The highest BCUT2D eigenvalue weighted by Gasteiger charge is 2.23. The second-order valence-corrected chi connectivity index (χ2v) is 9.91. The smallest absolute Gasteiger partial charge is 0.252 e. The summed E-state index contributed by atoms with van der Waals surface area (Å²) in [5.74, 6) is -0.183. The standard InChI is InChI=1S/C10H18N2O4S3/c1-11-8-9-4-5-10(17-9)19(15,16)12(2)6-7-18(3,13)14/h4-5,11H,6-8H2,1-3H3. The molecule has 0 saturated carbocycles. The molecule has 19 heavy (non-hydrogen) atoms. The molecule has 110 valence electrons. The van der Waals surface area contributed by atoms with E-state index >= 15 is 0 Å². The number of sulfone groups is 1. The van der Waals surface area contributed by atoms with E-state index in [1.165, 1.54) is 18.4 Å². The van der Waals surface area contributed by atoms with E-state index < -0.39 is 19.9 Å². The van der Waals surface area contributed by atoms with E-state index in [0.717, 1.165) is 15.4 Å². The molecule has 0 aliphatic carbocycles. The quantitative estimate of drug-likeness (QED) is 0.770. The highest BCUT2D eigenvalue weighted by Crippen LogP contribution is 2.24. The molecular formula is C10H18N2O4S3. The molecule has 9 heteroatoms. The molecule has 0 aliphatic heterocycles. The molecule has 0 bridgehead atoms. The average Bonchev–Trinajstić information content (AvgIpc) is 2.74. The van der Waals surface area contributed by atoms with E-state index in [2.05, 4.69) is 5.32 Å². The molecular weight excluding hydrogens is 308 g/mol. The summed E-state index contributed by atoms with van der Waals surface area (Å²) in [6, 6.07) is 3.29. The molecule has 0 saturated heterocycles. The van der Waals surface area contributed by atoms with Gasteiger partial charge >= 0.3 is 0 Å². The molecule has 0 fully saturated rings. The van der Waals surface area contributed by atoms with E-state index in [-0.39, 0.29) is 16.5 Å². The van der Waals surface area contributed by atoms with Crippen LogP contribution in [0.2, 0.25) is 0 Å². The van der Waals surface area contributed by atoms with Crippen molar-refractivity contribution in [2.24, 2.45) is 0 Å². The minimum Gasteiger partial charge on any atom is -0.315 e. The van der Waals surface area contributed by atoms with Crippen LogP contribution in [-0.2, 0) is 26.4 Å². The predicted molar refractivity (Wildman–Crippen MR) is 76.6 cm³/mol. The first-order valence-electron chi connectivity index (χ1n) is 5.54. The number of hydrogen-bond acceptors (Lipinski definition) is 6. The zero-order chi connectivity index (χ0) is 14.7. The fourth-order valence-corrected chi connectivity index (χ4v) is 4.81. The lowest BCUT2D eigenvalue weighted by molar-refractivity contribution is 0.486. The maximum atomic E-state index is 12.2. The Kier molecular flexibility index (Phi) is 5.51. The highest BCUT2D eigenvalue weighted by molar-refractivity contribution is 7.91. The zero-order valence-corrected chi connectivity index (χ0v) is 13.5. The molecule has 0 spiro atoms. The fourth-order valence-electron chi connectivity index (χ4n) is 1.33. The normalized spacial score (nSPS) is 13.1. The third-order valence-corrected chi connectivity index (χ3v) is 6.76.